The van der Waals surface area contributed by atoms with Crippen LogP contribution in [0, 0.1) is 0 Å². The van der Waals surface area contributed by atoms with Crippen LogP contribution >= 0.6 is 24.0 Å². The summed E-state index contributed by atoms with van der Waals surface area (Å²) in [7, 11) is 7.69. The molecule has 0 amide bonds. The van der Waals surface area contributed by atoms with Crippen molar-refractivity contribution >= 4 is 35.6 Å². The summed E-state index contributed by atoms with van der Waals surface area (Å²) >= 11 is 0. The SMILES string of the molecule is CN=C(NCC(c1ccccc1OC)N(C)C)N1CCN(c2ccccc2O)CC1.I. The zero-order chi connectivity index (χ0) is 21.5. The highest BCUT2D eigenvalue weighted by Gasteiger charge is 2.23. The molecule has 0 saturated carbocycles. The van der Waals surface area contributed by atoms with Crippen LogP contribution in [0.2, 0.25) is 0 Å². The van der Waals surface area contributed by atoms with E-state index in [1.807, 2.05) is 43.4 Å². The van der Waals surface area contributed by atoms with E-state index < -0.39 is 0 Å². The molecule has 31 heavy (non-hydrogen) atoms. The summed E-state index contributed by atoms with van der Waals surface area (Å²) in [5, 5.41) is 13.7. The first-order valence-electron chi connectivity index (χ1n) is 10.3. The Morgan fingerprint density at radius 2 is 1.74 bits per heavy atom. The van der Waals surface area contributed by atoms with Crippen LogP contribution in [0.15, 0.2) is 53.5 Å². The van der Waals surface area contributed by atoms with E-state index >= 15 is 0 Å². The number of hydrogen-bond acceptors (Lipinski definition) is 5. The molecule has 1 unspecified atom stereocenters. The lowest BCUT2D eigenvalue weighted by Crippen LogP contribution is -2.53. The highest BCUT2D eigenvalue weighted by atomic mass is 127. The first-order valence-corrected chi connectivity index (χ1v) is 10.3. The maximum absolute atomic E-state index is 10.1. The van der Waals surface area contributed by atoms with Gasteiger partial charge in [-0.15, -0.1) is 24.0 Å². The summed E-state index contributed by atoms with van der Waals surface area (Å²) in [4.78, 5) is 11.2. The number of aliphatic imine (C=N–C) groups is 1. The summed E-state index contributed by atoms with van der Waals surface area (Å²) in [5.41, 5.74) is 2.04. The molecule has 0 bridgehead atoms. The average Bonchev–Trinajstić information content (AvgIpc) is 2.77. The van der Waals surface area contributed by atoms with Crippen molar-refractivity contribution in [3.8, 4) is 11.5 Å². The predicted molar refractivity (Wildman–Crippen MR) is 138 cm³/mol. The van der Waals surface area contributed by atoms with Crippen molar-refractivity contribution < 1.29 is 9.84 Å². The van der Waals surface area contributed by atoms with Crippen LogP contribution in [-0.2, 0) is 0 Å². The molecule has 2 aromatic carbocycles. The van der Waals surface area contributed by atoms with Crippen molar-refractivity contribution in [2.45, 2.75) is 6.04 Å². The van der Waals surface area contributed by atoms with Gasteiger partial charge in [0.2, 0.25) is 0 Å². The summed E-state index contributed by atoms with van der Waals surface area (Å²) in [6.45, 7) is 4.08. The van der Waals surface area contributed by atoms with Gasteiger partial charge in [0.25, 0.3) is 0 Å². The van der Waals surface area contributed by atoms with Gasteiger partial charge in [0.1, 0.15) is 11.5 Å². The molecule has 0 aliphatic carbocycles. The minimum Gasteiger partial charge on any atom is -0.506 e. The topological polar surface area (TPSA) is 63.6 Å². The minimum absolute atomic E-state index is 0. The molecule has 8 heteroatoms. The van der Waals surface area contributed by atoms with Crippen LogP contribution in [0.1, 0.15) is 11.6 Å². The molecule has 1 aliphatic rings. The first kappa shape index (κ1) is 25.1. The van der Waals surface area contributed by atoms with Gasteiger partial charge in [-0.3, -0.25) is 4.99 Å². The van der Waals surface area contributed by atoms with Crippen LogP contribution in [0.4, 0.5) is 5.69 Å². The normalized spacial score (nSPS) is 15.5. The van der Waals surface area contributed by atoms with Crippen LogP contribution in [0.3, 0.4) is 0 Å². The average molecular weight is 539 g/mol. The van der Waals surface area contributed by atoms with E-state index in [1.54, 1.807) is 13.2 Å². The number of hydrogen-bond donors (Lipinski definition) is 2. The molecular formula is C23H34IN5O2. The second kappa shape index (κ2) is 12.0. The van der Waals surface area contributed by atoms with Crippen molar-refractivity contribution in [2.24, 2.45) is 4.99 Å². The zero-order valence-corrected chi connectivity index (χ0v) is 21.1. The molecule has 2 N–H and O–H groups in total. The molecule has 2 aromatic rings. The second-order valence-corrected chi connectivity index (χ2v) is 7.61. The number of guanidine groups is 1. The number of piperazine rings is 1. The smallest absolute Gasteiger partial charge is 0.193 e. The quantitative estimate of drug-likeness (QED) is 0.335. The summed E-state index contributed by atoms with van der Waals surface area (Å²) < 4.78 is 5.57. The fourth-order valence-electron chi connectivity index (χ4n) is 3.92. The third-order valence-electron chi connectivity index (χ3n) is 5.59. The van der Waals surface area contributed by atoms with Gasteiger partial charge >= 0.3 is 0 Å². The number of phenols is 1. The van der Waals surface area contributed by atoms with Gasteiger partial charge in [-0.2, -0.15) is 0 Å². The van der Waals surface area contributed by atoms with Gasteiger partial charge in [-0.1, -0.05) is 30.3 Å². The molecule has 170 valence electrons. The highest BCUT2D eigenvalue weighted by Crippen LogP contribution is 2.28. The molecule has 7 nitrogen and oxygen atoms in total. The maximum Gasteiger partial charge on any atom is 0.193 e. The lowest BCUT2D eigenvalue weighted by Gasteiger charge is -2.38. The van der Waals surface area contributed by atoms with E-state index in [1.165, 1.54) is 0 Å². The number of ether oxygens (including phenoxy) is 1. The molecule has 0 radical (unpaired) electrons. The van der Waals surface area contributed by atoms with Gasteiger partial charge < -0.3 is 29.9 Å². The highest BCUT2D eigenvalue weighted by molar-refractivity contribution is 14.0. The Morgan fingerprint density at radius 1 is 1.10 bits per heavy atom. The fourth-order valence-corrected chi connectivity index (χ4v) is 3.92. The Balaban J connectivity index is 0.00000341. The largest absolute Gasteiger partial charge is 0.506 e. The minimum atomic E-state index is 0. The van der Waals surface area contributed by atoms with Gasteiger partial charge in [0, 0.05) is 45.3 Å². The number of nitrogens with zero attached hydrogens (tertiary/aromatic N) is 4. The number of para-hydroxylation sites is 3. The molecule has 1 fully saturated rings. The lowest BCUT2D eigenvalue weighted by molar-refractivity contribution is 0.283. The van der Waals surface area contributed by atoms with Crippen LogP contribution in [0.25, 0.3) is 0 Å². The Bertz CT molecular complexity index is 853. The fraction of sp³-hybridized carbons (Fsp3) is 0.435. The summed E-state index contributed by atoms with van der Waals surface area (Å²) in [6, 6.07) is 15.8. The van der Waals surface area contributed by atoms with Crippen molar-refractivity contribution in [1.82, 2.24) is 15.1 Å². The van der Waals surface area contributed by atoms with E-state index in [4.69, 9.17) is 4.74 Å². The molecule has 0 spiro atoms. The molecule has 1 saturated heterocycles. The Labute approximate surface area is 202 Å². The van der Waals surface area contributed by atoms with E-state index in [-0.39, 0.29) is 30.0 Å². The number of rotatable bonds is 6. The van der Waals surface area contributed by atoms with Crippen LogP contribution in [0.5, 0.6) is 11.5 Å². The predicted octanol–water partition coefficient (Wildman–Crippen LogP) is 3.02. The Kier molecular flexibility index (Phi) is 9.70. The lowest BCUT2D eigenvalue weighted by atomic mass is 10.0. The number of likely N-dealkylation sites (N-methyl/N-ethyl adjacent to an activating group) is 1. The Hall–Kier alpha value is -2.20. The number of phenolic OH excluding ortho intramolecular Hbond substituents is 1. The van der Waals surface area contributed by atoms with Gasteiger partial charge in [-0.05, 0) is 32.3 Å². The first-order chi connectivity index (χ1) is 14.5. The molecule has 1 atom stereocenters. The van der Waals surface area contributed by atoms with E-state index in [0.29, 0.717) is 5.75 Å². The monoisotopic (exact) mass is 539 g/mol. The molecule has 0 aromatic heterocycles. The van der Waals surface area contributed by atoms with Crippen molar-refractivity contribution in [3.05, 3.63) is 54.1 Å². The van der Waals surface area contributed by atoms with E-state index in [2.05, 4.69) is 45.2 Å². The van der Waals surface area contributed by atoms with Crippen molar-refractivity contribution in [3.63, 3.8) is 0 Å². The van der Waals surface area contributed by atoms with Crippen LogP contribution < -0.4 is 15.0 Å². The molecule has 3 rings (SSSR count). The summed E-state index contributed by atoms with van der Waals surface area (Å²) in [5.74, 6) is 2.12. The second-order valence-electron chi connectivity index (χ2n) is 7.61. The van der Waals surface area contributed by atoms with Crippen LogP contribution in [-0.4, -0.2) is 81.8 Å². The van der Waals surface area contributed by atoms with Gasteiger partial charge in [0.05, 0.1) is 18.8 Å². The third kappa shape index (κ3) is 6.16. The number of aromatic hydroxyl groups is 1. The summed E-state index contributed by atoms with van der Waals surface area (Å²) in [6.07, 6.45) is 0. The number of methoxy groups -OCH3 is 1. The number of anilines is 1. The molecular weight excluding hydrogens is 505 g/mol. The molecule has 1 heterocycles. The number of halogens is 1. The third-order valence-corrected chi connectivity index (χ3v) is 5.59. The van der Waals surface area contributed by atoms with Gasteiger partial charge in [0.15, 0.2) is 5.96 Å². The maximum atomic E-state index is 10.1. The van der Waals surface area contributed by atoms with Crippen molar-refractivity contribution in [2.75, 3.05) is 65.9 Å². The van der Waals surface area contributed by atoms with E-state index in [9.17, 15) is 5.11 Å². The van der Waals surface area contributed by atoms with Crippen molar-refractivity contribution in [1.29, 1.82) is 0 Å². The number of benzene rings is 2. The van der Waals surface area contributed by atoms with Gasteiger partial charge in [-0.25, -0.2) is 0 Å². The zero-order valence-electron chi connectivity index (χ0n) is 18.8. The standard InChI is InChI=1S/C23H33N5O2.HI/c1-24-23(25-17-20(26(2)3)18-9-5-8-12-22(18)30-4)28-15-13-27(14-16-28)19-10-6-7-11-21(19)29;/h5-12,20,29H,13-17H2,1-4H3,(H,24,25);1H. The number of nitrogens with one attached hydrogen (secondary N) is 1. The van der Waals surface area contributed by atoms with E-state index in [0.717, 1.165) is 55.7 Å². The Morgan fingerprint density at radius 3 is 2.35 bits per heavy atom. The molecule has 1 aliphatic heterocycles.